The van der Waals surface area contributed by atoms with Gasteiger partial charge in [0.15, 0.2) is 0 Å². The molecular weight excluding hydrogens is 232 g/mol. The van der Waals surface area contributed by atoms with Crippen molar-refractivity contribution in [1.29, 1.82) is 0 Å². The number of carbonyl (C=O) groups is 2. The van der Waals surface area contributed by atoms with Gasteiger partial charge in [-0.25, -0.2) is 0 Å². The number of aromatic nitrogens is 3. The van der Waals surface area contributed by atoms with E-state index in [2.05, 4.69) is 15.5 Å². The molecule has 2 aromatic rings. The lowest BCUT2D eigenvalue weighted by Crippen LogP contribution is -2.14. The summed E-state index contributed by atoms with van der Waals surface area (Å²) in [4.78, 5) is 23.6. The summed E-state index contributed by atoms with van der Waals surface area (Å²) in [5, 5.41) is 10.6. The molecular formula is C12H12N4O2. The fourth-order valence-corrected chi connectivity index (χ4v) is 1.46. The summed E-state index contributed by atoms with van der Waals surface area (Å²) in [5.41, 5.74) is 1.43. The van der Waals surface area contributed by atoms with Gasteiger partial charge in [-0.3, -0.25) is 9.59 Å². The van der Waals surface area contributed by atoms with Crippen LogP contribution in [0.4, 0.5) is 5.69 Å². The van der Waals surface area contributed by atoms with Crippen molar-refractivity contribution in [3.8, 4) is 5.69 Å². The highest BCUT2D eigenvalue weighted by Crippen LogP contribution is 2.11. The van der Waals surface area contributed by atoms with Crippen molar-refractivity contribution in [2.75, 3.05) is 5.32 Å². The van der Waals surface area contributed by atoms with Crippen LogP contribution in [0.2, 0.25) is 0 Å². The van der Waals surface area contributed by atoms with Crippen LogP contribution in [0.25, 0.3) is 5.69 Å². The number of carbonyl (C=O) groups excluding carboxylic acids is 2. The van der Waals surface area contributed by atoms with Gasteiger partial charge in [-0.2, -0.15) is 15.0 Å². The molecule has 6 heteroatoms. The minimum atomic E-state index is -0.313. The molecule has 6 nitrogen and oxygen atoms in total. The van der Waals surface area contributed by atoms with Crippen LogP contribution in [0.5, 0.6) is 0 Å². The quantitative estimate of drug-likeness (QED) is 0.819. The zero-order valence-electron chi connectivity index (χ0n) is 9.83. The van der Waals surface area contributed by atoms with Crippen LogP contribution in [0.3, 0.4) is 0 Å². The lowest BCUT2D eigenvalue weighted by Gasteiger charge is -2.05. The molecule has 1 heterocycles. The Morgan fingerprint density at radius 2 is 1.78 bits per heavy atom. The highest BCUT2D eigenvalue weighted by molar-refractivity contribution is 6.03. The van der Waals surface area contributed by atoms with Gasteiger partial charge in [0, 0.05) is 5.69 Å². The molecule has 1 aromatic carbocycles. The van der Waals surface area contributed by atoms with E-state index < -0.39 is 0 Å². The summed E-state index contributed by atoms with van der Waals surface area (Å²) < 4.78 is 0. The zero-order chi connectivity index (χ0) is 13.0. The second kappa shape index (κ2) is 5.22. The Hall–Kier alpha value is -2.50. The number of rotatable bonds is 4. The van der Waals surface area contributed by atoms with Crippen LogP contribution in [-0.2, 0) is 9.59 Å². The lowest BCUT2D eigenvalue weighted by molar-refractivity contribution is -0.124. The maximum Gasteiger partial charge on any atom is 0.231 e. The molecule has 0 bridgehead atoms. The Morgan fingerprint density at radius 3 is 2.33 bits per heavy atom. The van der Waals surface area contributed by atoms with Gasteiger partial charge in [0.2, 0.25) is 5.91 Å². The normalized spacial score (nSPS) is 10.1. The second-order valence-electron chi connectivity index (χ2n) is 3.79. The van der Waals surface area contributed by atoms with Gasteiger partial charge in [0.1, 0.15) is 5.78 Å². The first-order valence-corrected chi connectivity index (χ1v) is 5.41. The number of Topliss-reactive ketones (excluding diaryl/α,β-unsaturated/α-hetero) is 1. The third-order valence-corrected chi connectivity index (χ3v) is 2.21. The number of nitrogens with zero attached hydrogens (tertiary/aromatic N) is 3. The van der Waals surface area contributed by atoms with Crippen LogP contribution < -0.4 is 5.32 Å². The predicted molar refractivity (Wildman–Crippen MR) is 65.3 cm³/mol. The number of amides is 1. The summed E-state index contributed by atoms with van der Waals surface area (Å²) in [6.07, 6.45) is 3.06. The van der Waals surface area contributed by atoms with Gasteiger partial charge in [0.25, 0.3) is 0 Å². The van der Waals surface area contributed by atoms with Gasteiger partial charge >= 0.3 is 0 Å². The van der Waals surface area contributed by atoms with E-state index in [1.165, 1.54) is 11.7 Å². The first-order valence-electron chi connectivity index (χ1n) is 5.41. The van der Waals surface area contributed by atoms with E-state index in [0.29, 0.717) is 5.69 Å². The third kappa shape index (κ3) is 3.00. The molecule has 0 unspecified atom stereocenters. The van der Waals surface area contributed by atoms with Gasteiger partial charge in [-0.15, -0.1) is 0 Å². The molecule has 0 atom stereocenters. The molecule has 1 amide bonds. The number of hydrogen-bond acceptors (Lipinski definition) is 4. The fraction of sp³-hybridized carbons (Fsp3) is 0.167. The minimum Gasteiger partial charge on any atom is -0.326 e. The largest absolute Gasteiger partial charge is 0.326 e. The van der Waals surface area contributed by atoms with Crippen LogP contribution in [0.1, 0.15) is 13.3 Å². The highest BCUT2D eigenvalue weighted by Gasteiger charge is 2.05. The summed E-state index contributed by atoms with van der Waals surface area (Å²) in [6, 6.07) is 7.03. The van der Waals surface area contributed by atoms with Crippen molar-refractivity contribution in [1.82, 2.24) is 15.0 Å². The standard InChI is InChI=1S/C12H12N4O2/c1-9(17)8-12(18)15-10-2-4-11(5-3-10)16-13-6-7-14-16/h2-7H,8H2,1H3,(H,15,18). The Morgan fingerprint density at radius 1 is 1.17 bits per heavy atom. The Balaban J connectivity index is 2.04. The summed E-state index contributed by atoms with van der Waals surface area (Å²) in [6.45, 7) is 1.38. The molecule has 2 rings (SSSR count). The number of anilines is 1. The van der Waals surface area contributed by atoms with Crippen molar-refractivity contribution in [3.05, 3.63) is 36.7 Å². The molecule has 0 fully saturated rings. The summed E-state index contributed by atoms with van der Waals surface area (Å²) in [5.74, 6) is -0.475. The number of nitrogens with one attached hydrogen (secondary N) is 1. The zero-order valence-corrected chi connectivity index (χ0v) is 9.83. The van der Waals surface area contributed by atoms with E-state index in [1.807, 2.05) is 0 Å². The smallest absolute Gasteiger partial charge is 0.231 e. The molecule has 0 saturated heterocycles. The molecule has 0 aliphatic carbocycles. The maximum atomic E-state index is 11.4. The van der Waals surface area contributed by atoms with Crippen molar-refractivity contribution < 1.29 is 9.59 Å². The van der Waals surface area contributed by atoms with E-state index in [9.17, 15) is 9.59 Å². The van der Waals surface area contributed by atoms with Crippen LogP contribution in [-0.4, -0.2) is 26.7 Å². The monoisotopic (exact) mass is 244 g/mol. The predicted octanol–water partition coefficient (Wildman–Crippen LogP) is 1.18. The number of ketones is 1. The lowest BCUT2D eigenvalue weighted by atomic mass is 10.2. The summed E-state index contributed by atoms with van der Waals surface area (Å²) >= 11 is 0. The maximum absolute atomic E-state index is 11.4. The van der Waals surface area contributed by atoms with E-state index >= 15 is 0 Å². The minimum absolute atomic E-state index is 0.109. The fourth-order valence-electron chi connectivity index (χ4n) is 1.46. The Labute approximate surface area is 104 Å². The molecule has 92 valence electrons. The van der Waals surface area contributed by atoms with Gasteiger partial charge in [-0.05, 0) is 31.2 Å². The SMILES string of the molecule is CC(=O)CC(=O)Nc1ccc(-n2nccn2)cc1. The van der Waals surface area contributed by atoms with E-state index in [0.717, 1.165) is 5.69 Å². The molecule has 0 saturated carbocycles. The molecule has 0 radical (unpaired) electrons. The number of benzene rings is 1. The van der Waals surface area contributed by atoms with Crippen LogP contribution in [0, 0.1) is 0 Å². The van der Waals surface area contributed by atoms with Gasteiger partial charge in [0.05, 0.1) is 24.5 Å². The second-order valence-corrected chi connectivity index (χ2v) is 3.79. The van der Waals surface area contributed by atoms with E-state index in [-0.39, 0.29) is 18.1 Å². The van der Waals surface area contributed by atoms with Crippen molar-refractivity contribution >= 4 is 17.4 Å². The Kier molecular flexibility index (Phi) is 3.47. The average Bonchev–Trinajstić information content (AvgIpc) is 2.82. The van der Waals surface area contributed by atoms with E-state index in [4.69, 9.17) is 0 Å². The first-order chi connectivity index (χ1) is 8.65. The first kappa shape index (κ1) is 12.0. The molecule has 1 N–H and O–H groups in total. The molecule has 18 heavy (non-hydrogen) atoms. The van der Waals surface area contributed by atoms with Crippen LogP contribution >= 0.6 is 0 Å². The molecule has 1 aromatic heterocycles. The highest BCUT2D eigenvalue weighted by atomic mass is 16.2. The van der Waals surface area contributed by atoms with Gasteiger partial charge in [-0.1, -0.05) is 0 Å². The molecule has 0 aliphatic heterocycles. The summed E-state index contributed by atoms with van der Waals surface area (Å²) in [7, 11) is 0. The average molecular weight is 244 g/mol. The van der Waals surface area contributed by atoms with Crippen LogP contribution in [0.15, 0.2) is 36.7 Å². The Bertz CT molecular complexity index is 546. The topological polar surface area (TPSA) is 76.9 Å². The molecule has 0 spiro atoms. The molecule has 0 aliphatic rings. The van der Waals surface area contributed by atoms with Crippen molar-refractivity contribution in [2.45, 2.75) is 13.3 Å². The van der Waals surface area contributed by atoms with E-state index in [1.54, 1.807) is 36.7 Å². The number of hydrogen-bond donors (Lipinski definition) is 1. The van der Waals surface area contributed by atoms with Crippen molar-refractivity contribution in [2.24, 2.45) is 0 Å². The van der Waals surface area contributed by atoms with Gasteiger partial charge < -0.3 is 5.32 Å². The van der Waals surface area contributed by atoms with Crippen molar-refractivity contribution in [3.63, 3.8) is 0 Å². The third-order valence-electron chi connectivity index (χ3n) is 2.21.